The molecular weight excluding hydrogens is 777 g/mol. The summed E-state index contributed by atoms with van der Waals surface area (Å²) in [4.78, 5) is 0. The molecule has 0 bridgehead atoms. The van der Waals surface area contributed by atoms with Crippen LogP contribution in [0.15, 0.2) is 255 Å². The van der Waals surface area contributed by atoms with E-state index >= 15 is 0 Å². The van der Waals surface area contributed by atoms with Gasteiger partial charge in [-0.05, 0) is 68.3 Å². The van der Waals surface area contributed by atoms with E-state index in [1.165, 1.54) is 31.5 Å². The maximum atomic E-state index is 9.36. The van der Waals surface area contributed by atoms with Crippen molar-refractivity contribution in [2.45, 2.75) is 0 Å². The van der Waals surface area contributed by atoms with Crippen LogP contribution in [0.25, 0.3) is 77.2 Å². The molecule has 12 rings (SSSR count). The summed E-state index contributed by atoms with van der Waals surface area (Å²) in [5.74, 6) is 0. The number of nitrogens with zero attached hydrogens (tertiary/aromatic N) is 2. The molecule has 0 aliphatic heterocycles. The van der Waals surface area contributed by atoms with Gasteiger partial charge in [-0.1, -0.05) is 218 Å². The summed E-state index contributed by atoms with van der Waals surface area (Å²) >= 11 is 0. The SMILES string of the molecule is [2H]c1c([2H])c([2H])c(-c2cccc(-c3cccc([Si](c4ccccc4)(c4ccccc4)c4ccccc4)c3)c2-n2c3ccccc3c3cc(-n4c5ccccc5c5ccccc54)ccc32)c([2H])c1[2H]. The van der Waals surface area contributed by atoms with E-state index in [0.29, 0.717) is 5.56 Å². The van der Waals surface area contributed by atoms with Crippen molar-refractivity contribution in [2.24, 2.45) is 0 Å². The Morgan fingerprint density at radius 3 is 1.33 bits per heavy atom. The fourth-order valence-corrected chi connectivity index (χ4v) is 14.9. The number of rotatable bonds is 8. The molecule has 0 unspecified atom stereocenters. The highest BCUT2D eigenvalue weighted by Gasteiger charge is 2.41. The summed E-state index contributed by atoms with van der Waals surface area (Å²) in [5.41, 5.74) is 8.34. The molecule has 0 aliphatic carbocycles. The number of benzene rings is 10. The Labute approximate surface area is 375 Å². The van der Waals surface area contributed by atoms with Crippen molar-refractivity contribution < 1.29 is 6.85 Å². The molecule has 0 spiro atoms. The summed E-state index contributed by atoms with van der Waals surface area (Å²) < 4.78 is 49.5. The quantitative estimate of drug-likeness (QED) is 0.107. The van der Waals surface area contributed by atoms with Crippen LogP contribution in [0.4, 0.5) is 0 Å². The van der Waals surface area contributed by atoms with E-state index in [0.717, 1.165) is 55.3 Å². The minimum atomic E-state index is -2.96. The molecule has 0 fully saturated rings. The van der Waals surface area contributed by atoms with Crippen molar-refractivity contribution in [1.82, 2.24) is 9.13 Å². The van der Waals surface area contributed by atoms with Crippen LogP contribution in [0.1, 0.15) is 6.85 Å². The number of para-hydroxylation sites is 4. The van der Waals surface area contributed by atoms with Crippen molar-refractivity contribution in [3.8, 4) is 33.6 Å². The van der Waals surface area contributed by atoms with Crippen LogP contribution in [-0.4, -0.2) is 17.2 Å². The molecule has 63 heavy (non-hydrogen) atoms. The molecule has 3 heteroatoms. The predicted octanol–water partition coefficient (Wildman–Crippen LogP) is 12.6. The van der Waals surface area contributed by atoms with Gasteiger partial charge in [0, 0.05) is 38.4 Å². The molecule has 2 heterocycles. The number of aromatic nitrogens is 2. The second-order valence-corrected chi connectivity index (χ2v) is 19.9. The smallest absolute Gasteiger partial charge is 0.179 e. The molecule has 0 amide bonds. The van der Waals surface area contributed by atoms with Crippen LogP contribution in [0.5, 0.6) is 0 Å². The molecule has 0 aliphatic rings. The van der Waals surface area contributed by atoms with Gasteiger partial charge < -0.3 is 9.13 Å². The van der Waals surface area contributed by atoms with Crippen molar-refractivity contribution in [1.29, 1.82) is 0 Å². The van der Waals surface area contributed by atoms with E-state index in [1.54, 1.807) is 0 Å². The number of fused-ring (bicyclic) bond motifs is 6. The summed E-state index contributed by atoms with van der Waals surface area (Å²) in [6.45, 7) is 0. The maximum absolute atomic E-state index is 9.36. The van der Waals surface area contributed by atoms with Crippen LogP contribution in [0.2, 0.25) is 0 Å². The molecule has 10 aromatic carbocycles. The Morgan fingerprint density at radius 1 is 0.317 bits per heavy atom. The zero-order chi connectivity index (χ0) is 46.1. The van der Waals surface area contributed by atoms with Crippen LogP contribution < -0.4 is 20.7 Å². The lowest BCUT2D eigenvalue weighted by Gasteiger charge is -2.34. The topological polar surface area (TPSA) is 9.86 Å². The monoisotopic (exact) mass is 823 g/mol. The van der Waals surface area contributed by atoms with E-state index in [2.05, 4.69) is 215 Å². The van der Waals surface area contributed by atoms with Crippen LogP contribution >= 0.6 is 0 Å². The Bertz CT molecular complexity index is 3740. The lowest BCUT2D eigenvalue weighted by Crippen LogP contribution is -2.74. The Balaban J connectivity index is 1.18. The van der Waals surface area contributed by atoms with Crippen LogP contribution in [0.3, 0.4) is 0 Å². The minimum Gasteiger partial charge on any atom is -0.309 e. The second kappa shape index (κ2) is 15.2. The van der Waals surface area contributed by atoms with Gasteiger partial charge in [0.15, 0.2) is 8.07 Å². The largest absolute Gasteiger partial charge is 0.309 e. The Kier molecular flexibility index (Phi) is 7.67. The van der Waals surface area contributed by atoms with Gasteiger partial charge in [0.05, 0.1) is 34.6 Å². The third kappa shape index (κ3) is 5.85. The summed E-state index contributed by atoms with van der Waals surface area (Å²) in [7, 11) is -2.96. The molecule has 0 saturated heterocycles. The predicted molar refractivity (Wildman–Crippen MR) is 270 cm³/mol. The lowest BCUT2D eigenvalue weighted by molar-refractivity contribution is 1.17. The van der Waals surface area contributed by atoms with E-state index in [4.69, 9.17) is 4.11 Å². The van der Waals surface area contributed by atoms with Gasteiger partial charge in [0.1, 0.15) is 0 Å². The first-order valence-electron chi connectivity index (χ1n) is 23.9. The normalized spacial score (nSPS) is 12.9. The van der Waals surface area contributed by atoms with Gasteiger partial charge in [-0.2, -0.15) is 0 Å². The highest BCUT2D eigenvalue weighted by molar-refractivity contribution is 7.19. The first kappa shape index (κ1) is 31.8. The van der Waals surface area contributed by atoms with Gasteiger partial charge in [-0.15, -0.1) is 0 Å². The minimum absolute atomic E-state index is 0.151. The van der Waals surface area contributed by atoms with Gasteiger partial charge in [0.2, 0.25) is 0 Å². The number of hydrogen-bond acceptors (Lipinski definition) is 0. The third-order valence-corrected chi connectivity index (χ3v) is 17.5. The highest BCUT2D eigenvalue weighted by Crippen LogP contribution is 2.42. The molecule has 2 nitrogen and oxygen atoms in total. The molecule has 0 radical (unpaired) electrons. The summed E-state index contributed by atoms with van der Waals surface area (Å²) in [5, 5.41) is 9.38. The zero-order valence-corrected chi connectivity index (χ0v) is 35.3. The molecule has 2 aromatic heterocycles. The Morgan fingerprint density at radius 2 is 0.762 bits per heavy atom. The van der Waals surface area contributed by atoms with Gasteiger partial charge in [-0.3, -0.25) is 0 Å². The molecular formula is C60H42N2Si. The molecule has 296 valence electrons. The standard InChI is InChI=1S/C60H42N2Si/c1-5-21-43(22-6-1)50-34-20-35-51(44-23-19-30-49(41-44)63(46-24-7-2-8-25-46,47-26-9-3-10-27-47)48-28-11-4-12-29-48)60(50)62-58-38-18-15-33-54(58)55-42-45(39-40-59(55)62)61-56-36-16-13-31-52(56)53-32-14-17-37-57(53)61/h1-42H/i1D,5D,6D,21D,22D. The average Bonchev–Trinajstić information content (AvgIpc) is 3.91. The van der Waals surface area contributed by atoms with Crippen LogP contribution in [0, 0.1) is 0 Å². The Hall–Kier alpha value is -7.98. The maximum Gasteiger partial charge on any atom is 0.179 e. The van der Waals surface area contributed by atoms with Gasteiger partial charge >= 0.3 is 0 Å². The first-order chi connectivity index (χ1) is 33.4. The highest BCUT2D eigenvalue weighted by atomic mass is 28.3. The molecule has 0 saturated carbocycles. The van der Waals surface area contributed by atoms with E-state index in [1.807, 2.05) is 18.2 Å². The second-order valence-electron chi connectivity index (χ2n) is 16.1. The van der Waals surface area contributed by atoms with Crippen molar-refractivity contribution in [3.63, 3.8) is 0 Å². The summed E-state index contributed by atoms with van der Waals surface area (Å²) in [6.07, 6.45) is 0. The molecule has 0 atom stereocenters. The van der Waals surface area contributed by atoms with Crippen LogP contribution in [-0.2, 0) is 0 Å². The third-order valence-electron chi connectivity index (χ3n) is 12.8. The fraction of sp³-hybridized carbons (Fsp3) is 0. The fourth-order valence-electron chi connectivity index (χ4n) is 10.1. The number of hydrogen-bond donors (Lipinski definition) is 0. The van der Waals surface area contributed by atoms with Gasteiger partial charge in [-0.25, -0.2) is 0 Å². The molecule has 12 aromatic rings. The lowest BCUT2D eigenvalue weighted by atomic mass is 9.95. The van der Waals surface area contributed by atoms with Crippen molar-refractivity contribution in [2.75, 3.05) is 0 Å². The summed E-state index contributed by atoms with van der Waals surface area (Å²) in [6, 6.07) is 77.7. The van der Waals surface area contributed by atoms with E-state index in [-0.39, 0.29) is 29.7 Å². The van der Waals surface area contributed by atoms with E-state index in [9.17, 15) is 2.74 Å². The first-order valence-corrected chi connectivity index (χ1v) is 23.4. The molecule has 0 N–H and O–H groups in total. The van der Waals surface area contributed by atoms with Crippen molar-refractivity contribution in [3.05, 3.63) is 255 Å². The van der Waals surface area contributed by atoms with Crippen molar-refractivity contribution >= 4 is 72.4 Å². The van der Waals surface area contributed by atoms with E-state index < -0.39 is 14.1 Å². The van der Waals surface area contributed by atoms with Gasteiger partial charge in [0.25, 0.3) is 0 Å². The zero-order valence-electron chi connectivity index (χ0n) is 39.3. The average molecular weight is 824 g/mol.